The van der Waals surface area contributed by atoms with Crippen LogP contribution in [0.2, 0.25) is 0 Å². The van der Waals surface area contributed by atoms with Crippen LogP contribution in [0.25, 0.3) is 0 Å². The third-order valence-corrected chi connectivity index (χ3v) is 5.78. The Hall–Kier alpha value is -2.24. The Morgan fingerprint density at radius 1 is 1.44 bits per heavy atom. The van der Waals surface area contributed by atoms with Crippen molar-refractivity contribution in [2.75, 3.05) is 20.2 Å². The molecule has 1 heterocycles. The molecule has 2 aliphatic rings. The van der Waals surface area contributed by atoms with Crippen molar-refractivity contribution in [2.24, 2.45) is 11.3 Å². The van der Waals surface area contributed by atoms with Crippen LogP contribution in [0.4, 0.5) is 4.79 Å². The lowest BCUT2D eigenvalue weighted by atomic mass is 9.81. The second-order valence-electron chi connectivity index (χ2n) is 7.35. The van der Waals surface area contributed by atoms with Crippen LogP contribution in [0.1, 0.15) is 43.4 Å². The highest BCUT2D eigenvalue weighted by molar-refractivity contribution is 5.80. The number of nitrogens with one attached hydrogen (secondary N) is 1. The van der Waals surface area contributed by atoms with Crippen LogP contribution in [0.15, 0.2) is 18.2 Å². The first kappa shape index (κ1) is 17.6. The Kier molecular flexibility index (Phi) is 4.62. The summed E-state index contributed by atoms with van der Waals surface area (Å²) in [4.78, 5) is 26.1. The zero-order valence-electron chi connectivity index (χ0n) is 15.0. The number of ether oxygens (including phenoxy) is 1. The summed E-state index contributed by atoms with van der Waals surface area (Å²) in [7, 11) is 1.61. The normalized spacial score (nSPS) is 26.2. The van der Waals surface area contributed by atoms with Gasteiger partial charge in [-0.2, -0.15) is 0 Å². The largest absolute Gasteiger partial charge is 0.496 e. The molecule has 2 fully saturated rings. The number of nitrogens with zero attached hydrogens (tertiary/aromatic N) is 1. The predicted molar refractivity (Wildman–Crippen MR) is 93.7 cm³/mol. The van der Waals surface area contributed by atoms with Gasteiger partial charge >= 0.3 is 12.0 Å². The molecule has 0 radical (unpaired) electrons. The smallest absolute Gasteiger partial charge is 0.317 e. The van der Waals surface area contributed by atoms with E-state index in [2.05, 4.69) is 5.32 Å². The minimum Gasteiger partial charge on any atom is -0.496 e. The third-order valence-electron chi connectivity index (χ3n) is 5.78. The zero-order chi connectivity index (χ0) is 18.2. The molecule has 0 bridgehead atoms. The monoisotopic (exact) mass is 346 g/mol. The summed E-state index contributed by atoms with van der Waals surface area (Å²) >= 11 is 0. The zero-order valence-corrected chi connectivity index (χ0v) is 15.0. The van der Waals surface area contributed by atoms with Crippen LogP contribution in [0, 0.1) is 18.3 Å². The SMILES string of the molecule is COc1ccc(C)cc1C(C)NC(=O)N1C[C@@H]2CCC[C@@]2(C(=O)O)C1. The highest BCUT2D eigenvalue weighted by Crippen LogP contribution is 2.48. The van der Waals surface area contributed by atoms with E-state index in [1.807, 2.05) is 32.0 Å². The minimum absolute atomic E-state index is 0.0690. The fourth-order valence-electron chi connectivity index (χ4n) is 4.34. The Morgan fingerprint density at radius 3 is 2.84 bits per heavy atom. The van der Waals surface area contributed by atoms with Gasteiger partial charge in [-0.1, -0.05) is 24.1 Å². The molecule has 6 nitrogen and oxygen atoms in total. The van der Waals surface area contributed by atoms with Crippen LogP contribution in [0.5, 0.6) is 5.75 Å². The summed E-state index contributed by atoms with van der Waals surface area (Å²) in [5.74, 6) is 0.0389. The van der Waals surface area contributed by atoms with E-state index in [0.29, 0.717) is 19.5 Å². The second-order valence-corrected chi connectivity index (χ2v) is 7.35. The molecule has 1 saturated heterocycles. The van der Waals surface area contributed by atoms with E-state index in [-0.39, 0.29) is 18.0 Å². The van der Waals surface area contributed by atoms with Gasteiger partial charge < -0.3 is 20.1 Å². The van der Waals surface area contributed by atoms with Crippen molar-refractivity contribution in [1.29, 1.82) is 0 Å². The average Bonchev–Trinajstić information content (AvgIpc) is 3.13. The second kappa shape index (κ2) is 6.58. The van der Waals surface area contributed by atoms with Gasteiger partial charge in [0, 0.05) is 18.7 Å². The van der Waals surface area contributed by atoms with Gasteiger partial charge in [-0.3, -0.25) is 4.79 Å². The first-order chi connectivity index (χ1) is 11.9. The van der Waals surface area contributed by atoms with E-state index in [4.69, 9.17) is 4.74 Å². The number of methoxy groups -OCH3 is 1. The number of carboxylic acid groups (broad SMARTS) is 1. The number of amides is 2. The molecule has 1 aliphatic heterocycles. The molecule has 136 valence electrons. The fraction of sp³-hybridized carbons (Fsp3) is 0.579. The maximum absolute atomic E-state index is 12.7. The van der Waals surface area contributed by atoms with Crippen molar-refractivity contribution in [3.8, 4) is 5.75 Å². The van der Waals surface area contributed by atoms with E-state index < -0.39 is 11.4 Å². The number of hydrogen-bond donors (Lipinski definition) is 2. The van der Waals surface area contributed by atoms with Crippen molar-refractivity contribution >= 4 is 12.0 Å². The number of urea groups is 1. The van der Waals surface area contributed by atoms with Gasteiger partial charge in [0.25, 0.3) is 0 Å². The van der Waals surface area contributed by atoms with Crippen LogP contribution >= 0.6 is 0 Å². The first-order valence-corrected chi connectivity index (χ1v) is 8.81. The van der Waals surface area contributed by atoms with Crippen molar-refractivity contribution in [1.82, 2.24) is 10.2 Å². The Morgan fingerprint density at radius 2 is 2.20 bits per heavy atom. The van der Waals surface area contributed by atoms with Crippen LogP contribution in [0.3, 0.4) is 0 Å². The van der Waals surface area contributed by atoms with Gasteiger partial charge in [0.15, 0.2) is 0 Å². The van der Waals surface area contributed by atoms with Gasteiger partial charge in [0.05, 0.1) is 18.6 Å². The molecule has 2 amide bonds. The highest BCUT2D eigenvalue weighted by atomic mass is 16.5. The molecule has 0 aromatic heterocycles. The van der Waals surface area contributed by atoms with Gasteiger partial charge in [0.1, 0.15) is 5.75 Å². The molecule has 0 spiro atoms. The van der Waals surface area contributed by atoms with Crippen molar-refractivity contribution < 1.29 is 19.4 Å². The van der Waals surface area contributed by atoms with E-state index in [0.717, 1.165) is 29.7 Å². The quantitative estimate of drug-likeness (QED) is 0.878. The molecular formula is C19H26N2O4. The Balaban J connectivity index is 1.71. The van der Waals surface area contributed by atoms with Gasteiger partial charge in [0.2, 0.25) is 0 Å². The summed E-state index contributed by atoms with van der Waals surface area (Å²) in [6.07, 6.45) is 2.48. The van der Waals surface area contributed by atoms with E-state index in [1.54, 1.807) is 12.0 Å². The molecule has 1 aromatic rings. The summed E-state index contributed by atoms with van der Waals surface area (Å²) in [6.45, 7) is 4.74. The number of carbonyl (C=O) groups excluding carboxylic acids is 1. The maximum atomic E-state index is 12.7. The number of fused-ring (bicyclic) bond motifs is 1. The lowest BCUT2D eigenvalue weighted by molar-refractivity contribution is -0.149. The molecule has 2 N–H and O–H groups in total. The van der Waals surface area contributed by atoms with Gasteiger partial charge in [-0.05, 0) is 38.7 Å². The van der Waals surface area contributed by atoms with E-state index in [9.17, 15) is 14.7 Å². The Bertz CT molecular complexity index is 690. The minimum atomic E-state index is -0.765. The molecule has 3 atom stereocenters. The van der Waals surface area contributed by atoms with Crippen LogP contribution in [-0.2, 0) is 4.79 Å². The predicted octanol–water partition coefficient (Wildman–Crippen LogP) is 2.96. The summed E-state index contributed by atoms with van der Waals surface area (Å²) in [5, 5.41) is 12.7. The molecule has 1 aromatic carbocycles. The van der Waals surface area contributed by atoms with Crippen molar-refractivity contribution in [3.63, 3.8) is 0 Å². The molecule has 25 heavy (non-hydrogen) atoms. The van der Waals surface area contributed by atoms with E-state index in [1.165, 1.54) is 0 Å². The van der Waals surface area contributed by atoms with Gasteiger partial charge in [-0.25, -0.2) is 4.79 Å². The number of rotatable bonds is 4. The number of carboxylic acids is 1. The van der Waals surface area contributed by atoms with Crippen LogP contribution < -0.4 is 10.1 Å². The highest BCUT2D eigenvalue weighted by Gasteiger charge is 2.55. The lowest BCUT2D eigenvalue weighted by Gasteiger charge is -2.25. The molecule has 1 unspecified atom stereocenters. The molecule has 6 heteroatoms. The molecule has 1 aliphatic carbocycles. The van der Waals surface area contributed by atoms with Crippen LogP contribution in [-0.4, -0.2) is 42.2 Å². The molecule has 1 saturated carbocycles. The maximum Gasteiger partial charge on any atom is 0.317 e. The topological polar surface area (TPSA) is 78.9 Å². The molecular weight excluding hydrogens is 320 g/mol. The number of aliphatic carboxylic acids is 1. The summed E-state index contributed by atoms with van der Waals surface area (Å²) in [5.41, 5.74) is 1.27. The number of benzene rings is 1. The first-order valence-electron chi connectivity index (χ1n) is 8.81. The summed E-state index contributed by atoms with van der Waals surface area (Å²) in [6, 6.07) is 5.44. The number of hydrogen-bond acceptors (Lipinski definition) is 3. The number of carbonyl (C=O) groups is 2. The van der Waals surface area contributed by atoms with Crippen molar-refractivity contribution in [2.45, 2.75) is 39.2 Å². The number of aryl methyl sites for hydroxylation is 1. The van der Waals surface area contributed by atoms with Gasteiger partial charge in [-0.15, -0.1) is 0 Å². The molecule has 3 rings (SSSR count). The lowest BCUT2D eigenvalue weighted by Crippen LogP contribution is -2.42. The standard InChI is InChI=1S/C19H26N2O4/c1-12-6-7-16(25-3)15(9-12)13(2)20-18(24)21-10-14-5-4-8-19(14,11-21)17(22)23/h6-7,9,13-14H,4-5,8,10-11H2,1-3H3,(H,20,24)(H,22,23)/t13?,14-,19+/m0/s1. The van der Waals surface area contributed by atoms with E-state index >= 15 is 0 Å². The van der Waals surface area contributed by atoms with Crippen molar-refractivity contribution in [3.05, 3.63) is 29.3 Å². The third kappa shape index (κ3) is 3.05. The Labute approximate surface area is 148 Å². The number of likely N-dealkylation sites (tertiary alicyclic amines) is 1. The fourth-order valence-corrected chi connectivity index (χ4v) is 4.34. The average molecular weight is 346 g/mol. The summed E-state index contributed by atoms with van der Waals surface area (Å²) < 4.78 is 5.39.